The minimum atomic E-state index is -0.564. The van der Waals surface area contributed by atoms with E-state index in [1.54, 1.807) is 48.1 Å². The smallest absolute Gasteiger partial charge is 0.409 e. The molecule has 0 bridgehead atoms. The molecule has 1 fully saturated rings. The van der Waals surface area contributed by atoms with Crippen LogP contribution in [0.4, 0.5) is 16.3 Å². The minimum Gasteiger partial charge on any atom is -0.497 e. The Morgan fingerprint density at radius 1 is 1.14 bits per heavy atom. The molecule has 0 atom stereocenters. The van der Waals surface area contributed by atoms with Crippen LogP contribution in [-0.2, 0) is 4.74 Å². The normalized spacial score (nSPS) is 13.7. The SMILES string of the molecule is CCOC(=O)N1CCN(c2ncnc(Oc3ccc(OC)cc3)c2[N+](=O)[O-])CC1. The lowest BCUT2D eigenvalue weighted by atomic mass is 10.3. The monoisotopic (exact) mass is 403 g/mol. The molecule has 0 spiro atoms. The molecule has 1 aromatic carbocycles. The lowest BCUT2D eigenvalue weighted by molar-refractivity contribution is -0.385. The number of aromatic nitrogens is 2. The zero-order valence-corrected chi connectivity index (χ0v) is 16.1. The predicted octanol–water partition coefficient (Wildman–Crippen LogP) is 2.46. The van der Waals surface area contributed by atoms with Gasteiger partial charge in [0.1, 0.15) is 17.8 Å². The molecule has 154 valence electrons. The van der Waals surface area contributed by atoms with Gasteiger partial charge in [-0.05, 0) is 31.2 Å². The van der Waals surface area contributed by atoms with Crippen LogP contribution in [0.25, 0.3) is 0 Å². The Balaban J connectivity index is 1.80. The minimum absolute atomic E-state index is 0.150. The van der Waals surface area contributed by atoms with E-state index in [0.29, 0.717) is 44.3 Å². The van der Waals surface area contributed by atoms with Gasteiger partial charge in [0.25, 0.3) is 0 Å². The van der Waals surface area contributed by atoms with E-state index in [1.165, 1.54) is 6.33 Å². The summed E-state index contributed by atoms with van der Waals surface area (Å²) in [6.07, 6.45) is 0.826. The highest BCUT2D eigenvalue weighted by molar-refractivity contribution is 5.69. The molecule has 0 aliphatic carbocycles. The van der Waals surface area contributed by atoms with Crippen molar-refractivity contribution in [3.63, 3.8) is 0 Å². The molecule has 1 saturated heterocycles. The average molecular weight is 403 g/mol. The van der Waals surface area contributed by atoms with Crippen molar-refractivity contribution in [2.75, 3.05) is 44.8 Å². The molecule has 29 heavy (non-hydrogen) atoms. The van der Waals surface area contributed by atoms with Crippen LogP contribution >= 0.6 is 0 Å². The number of nitro groups is 1. The van der Waals surface area contributed by atoms with Gasteiger partial charge in [0.15, 0.2) is 0 Å². The molecule has 0 radical (unpaired) electrons. The van der Waals surface area contributed by atoms with Crippen molar-refractivity contribution in [2.45, 2.75) is 6.92 Å². The summed E-state index contributed by atoms with van der Waals surface area (Å²) in [6.45, 7) is 3.52. The maximum atomic E-state index is 11.8. The summed E-state index contributed by atoms with van der Waals surface area (Å²) < 4.78 is 15.7. The first-order valence-corrected chi connectivity index (χ1v) is 9.01. The van der Waals surface area contributed by atoms with Gasteiger partial charge in [-0.25, -0.2) is 9.78 Å². The topological polar surface area (TPSA) is 120 Å². The highest BCUT2D eigenvalue weighted by atomic mass is 16.6. The van der Waals surface area contributed by atoms with Crippen LogP contribution in [0.2, 0.25) is 0 Å². The first kappa shape index (κ1) is 20.1. The molecule has 0 saturated carbocycles. The zero-order chi connectivity index (χ0) is 20.8. The standard InChI is InChI=1S/C18H21N5O6/c1-3-28-18(24)22-10-8-21(9-11-22)16-15(23(25)26)17(20-12-19-16)29-14-6-4-13(27-2)5-7-14/h4-7,12H,3,8-11H2,1-2H3. The summed E-state index contributed by atoms with van der Waals surface area (Å²) in [4.78, 5) is 34.4. The molecule has 3 rings (SSSR count). The van der Waals surface area contributed by atoms with Crippen molar-refractivity contribution in [2.24, 2.45) is 0 Å². The van der Waals surface area contributed by atoms with Gasteiger partial charge in [-0.3, -0.25) is 10.1 Å². The maximum absolute atomic E-state index is 11.8. The quantitative estimate of drug-likeness (QED) is 0.529. The number of rotatable bonds is 6. The van der Waals surface area contributed by atoms with Crippen LogP contribution in [0.15, 0.2) is 30.6 Å². The second-order valence-electron chi connectivity index (χ2n) is 6.06. The van der Waals surface area contributed by atoms with Crippen molar-refractivity contribution in [3.05, 3.63) is 40.7 Å². The number of benzene rings is 1. The van der Waals surface area contributed by atoms with Crippen molar-refractivity contribution < 1.29 is 23.9 Å². The first-order chi connectivity index (χ1) is 14.0. The summed E-state index contributed by atoms with van der Waals surface area (Å²) in [5.74, 6) is 1.01. The highest BCUT2D eigenvalue weighted by Crippen LogP contribution is 2.36. The number of anilines is 1. The number of carbonyl (C=O) groups is 1. The Hall–Kier alpha value is -3.63. The van der Waals surface area contributed by atoms with E-state index in [9.17, 15) is 14.9 Å². The second-order valence-corrected chi connectivity index (χ2v) is 6.06. The largest absolute Gasteiger partial charge is 0.497 e. The molecule has 2 heterocycles. The fourth-order valence-electron chi connectivity index (χ4n) is 2.89. The molecular formula is C18H21N5O6. The Bertz CT molecular complexity index is 868. The molecule has 11 nitrogen and oxygen atoms in total. The maximum Gasteiger partial charge on any atom is 0.409 e. The summed E-state index contributed by atoms with van der Waals surface area (Å²) in [5, 5.41) is 11.7. The van der Waals surface area contributed by atoms with Crippen LogP contribution in [0, 0.1) is 10.1 Å². The zero-order valence-electron chi connectivity index (χ0n) is 16.1. The Morgan fingerprint density at radius 2 is 1.79 bits per heavy atom. The van der Waals surface area contributed by atoms with Crippen molar-refractivity contribution in [1.29, 1.82) is 0 Å². The molecule has 0 N–H and O–H groups in total. The van der Waals surface area contributed by atoms with Crippen LogP contribution in [0.1, 0.15) is 6.92 Å². The third-order valence-corrected chi connectivity index (χ3v) is 4.33. The van der Waals surface area contributed by atoms with Gasteiger partial charge >= 0.3 is 17.7 Å². The number of nitrogens with zero attached hydrogens (tertiary/aromatic N) is 5. The van der Waals surface area contributed by atoms with E-state index in [-0.39, 0.29) is 17.4 Å². The molecule has 0 unspecified atom stereocenters. The van der Waals surface area contributed by atoms with Crippen molar-refractivity contribution in [1.82, 2.24) is 14.9 Å². The van der Waals surface area contributed by atoms with Gasteiger partial charge in [-0.15, -0.1) is 0 Å². The molecule has 11 heteroatoms. The van der Waals surface area contributed by atoms with Gasteiger partial charge in [-0.2, -0.15) is 4.98 Å². The van der Waals surface area contributed by atoms with Gasteiger partial charge in [0, 0.05) is 26.2 Å². The van der Waals surface area contributed by atoms with Gasteiger partial charge < -0.3 is 24.0 Å². The van der Waals surface area contributed by atoms with Crippen LogP contribution < -0.4 is 14.4 Å². The fourth-order valence-corrected chi connectivity index (χ4v) is 2.89. The third kappa shape index (κ3) is 4.62. The van der Waals surface area contributed by atoms with E-state index in [4.69, 9.17) is 14.2 Å². The number of hydrogen-bond donors (Lipinski definition) is 0. The van der Waals surface area contributed by atoms with Crippen LogP contribution in [0.3, 0.4) is 0 Å². The van der Waals surface area contributed by atoms with Gasteiger partial charge in [0.05, 0.1) is 18.6 Å². The highest BCUT2D eigenvalue weighted by Gasteiger charge is 2.31. The number of amides is 1. The summed E-state index contributed by atoms with van der Waals surface area (Å²) >= 11 is 0. The fraction of sp³-hybridized carbons (Fsp3) is 0.389. The van der Waals surface area contributed by atoms with Crippen molar-refractivity contribution in [3.8, 4) is 17.4 Å². The van der Waals surface area contributed by atoms with Gasteiger partial charge in [0.2, 0.25) is 5.82 Å². The second kappa shape index (κ2) is 9.04. The number of carbonyl (C=O) groups excluding carboxylic acids is 1. The molecule has 1 aromatic heterocycles. The lowest BCUT2D eigenvalue weighted by Gasteiger charge is -2.34. The van der Waals surface area contributed by atoms with E-state index in [0.717, 1.165) is 0 Å². The molecule has 1 aliphatic heterocycles. The van der Waals surface area contributed by atoms with Gasteiger partial charge in [-0.1, -0.05) is 0 Å². The van der Waals surface area contributed by atoms with E-state index >= 15 is 0 Å². The number of hydrogen-bond acceptors (Lipinski definition) is 9. The predicted molar refractivity (Wildman–Crippen MR) is 103 cm³/mol. The van der Waals surface area contributed by atoms with Crippen LogP contribution in [0.5, 0.6) is 17.4 Å². The summed E-state index contributed by atoms with van der Waals surface area (Å²) in [5.41, 5.74) is -0.326. The number of methoxy groups -OCH3 is 1. The Morgan fingerprint density at radius 3 is 2.38 bits per heavy atom. The van der Waals surface area contributed by atoms with E-state index < -0.39 is 11.0 Å². The van der Waals surface area contributed by atoms with Crippen molar-refractivity contribution >= 4 is 17.6 Å². The molecule has 1 amide bonds. The molecule has 2 aromatic rings. The van der Waals surface area contributed by atoms with Crippen LogP contribution in [-0.4, -0.2) is 65.8 Å². The lowest BCUT2D eigenvalue weighted by Crippen LogP contribution is -2.49. The number of ether oxygens (including phenoxy) is 3. The van der Waals surface area contributed by atoms with E-state index in [1.807, 2.05) is 0 Å². The average Bonchev–Trinajstić information content (AvgIpc) is 2.74. The summed E-state index contributed by atoms with van der Waals surface area (Å²) in [6, 6.07) is 6.61. The Kier molecular flexibility index (Phi) is 6.27. The molecule has 1 aliphatic rings. The van der Waals surface area contributed by atoms with E-state index in [2.05, 4.69) is 9.97 Å². The number of piperazine rings is 1. The Labute approximate surface area is 167 Å². The molecular weight excluding hydrogens is 382 g/mol. The third-order valence-electron chi connectivity index (χ3n) is 4.33. The first-order valence-electron chi connectivity index (χ1n) is 9.01. The summed E-state index contributed by atoms with van der Waals surface area (Å²) in [7, 11) is 1.54.